The molecule has 0 aliphatic heterocycles. The molecule has 0 radical (unpaired) electrons. The highest BCUT2D eigenvalue weighted by molar-refractivity contribution is 4.90. The maximum atomic E-state index is 3.87. The molecule has 1 atom stereocenters. The minimum Gasteiger partial charge on any atom is -0.313 e. The van der Waals surface area contributed by atoms with Gasteiger partial charge in [0, 0.05) is 12.6 Å². The smallest absolute Gasteiger partial charge is 0.00929 e. The predicted octanol–water partition coefficient (Wildman–Crippen LogP) is 3.74. The fourth-order valence-corrected chi connectivity index (χ4v) is 3.27. The van der Waals surface area contributed by atoms with E-state index in [0.717, 1.165) is 12.0 Å². The second kappa shape index (κ2) is 4.86. The van der Waals surface area contributed by atoms with Crippen LogP contribution in [0.5, 0.6) is 0 Å². The number of nitrogens with one attached hydrogen (secondary N) is 1. The zero-order chi connectivity index (χ0) is 10.7. The molecule has 2 saturated carbocycles. The summed E-state index contributed by atoms with van der Waals surface area (Å²) in [5.74, 6) is 1.02. The molecule has 0 amide bonds. The Morgan fingerprint density at radius 1 is 1.20 bits per heavy atom. The third-order valence-corrected chi connectivity index (χ3v) is 4.78. The SMILES string of the molecule is CCC(NCC1(CC)CCCC1)C1CC1. The number of rotatable bonds is 6. The molecule has 1 N–H and O–H groups in total. The van der Waals surface area contributed by atoms with Crippen molar-refractivity contribution in [3.05, 3.63) is 0 Å². The Hall–Kier alpha value is -0.0400. The van der Waals surface area contributed by atoms with Gasteiger partial charge in [0.2, 0.25) is 0 Å². The lowest BCUT2D eigenvalue weighted by molar-refractivity contribution is 0.248. The molecular weight excluding hydrogens is 182 g/mol. The van der Waals surface area contributed by atoms with Crippen LogP contribution in [0.25, 0.3) is 0 Å². The minimum atomic E-state index is 0.669. The predicted molar refractivity (Wildman–Crippen MR) is 66.0 cm³/mol. The molecule has 1 unspecified atom stereocenters. The average Bonchev–Trinajstić information content (AvgIpc) is 2.99. The van der Waals surface area contributed by atoms with Crippen LogP contribution in [0, 0.1) is 11.3 Å². The van der Waals surface area contributed by atoms with Crippen LogP contribution in [0.3, 0.4) is 0 Å². The molecule has 88 valence electrons. The van der Waals surface area contributed by atoms with Gasteiger partial charge >= 0.3 is 0 Å². The van der Waals surface area contributed by atoms with Crippen LogP contribution < -0.4 is 5.32 Å². The highest BCUT2D eigenvalue weighted by Gasteiger charge is 2.35. The van der Waals surface area contributed by atoms with Crippen LogP contribution in [0.2, 0.25) is 0 Å². The monoisotopic (exact) mass is 209 g/mol. The highest BCUT2D eigenvalue weighted by atomic mass is 14.9. The quantitative estimate of drug-likeness (QED) is 0.703. The van der Waals surface area contributed by atoms with E-state index in [1.807, 2.05) is 0 Å². The van der Waals surface area contributed by atoms with Crippen LogP contribution in [0.1, 0.15) is 65.2 Å². The number of hydrogen-bond acceptors (Lipinski definition) is 1. The van der Waals surface area contributed by atoms with Crippen molar-refractivity contribution in [3.63, 3.8) is 0 Å². The van der Waals surface area contributed by atoms with E-state index in [4.69, 9.17) is 0 Å². The second-order valence-corrected chi connectivity index (χ2v) is 5.79. The van der Waals surface area contributed by atoms with Crippen molar-refractivity contribution in [3.8, 4) is 0 Å². The molecule has 2 fully saturated rings. The molecule has 0 aromatic heterocycles. The molecule has 0 spiro atoms. The first-order chi connectivity index (χ1) is 7.29. The Morgan fingerprint density at radius 3 is 2.33 bits per heavy atom. The van der Waals surface area contributed by atoms with E-state index >= 15 is 0 Å². The van der Waals surface area contributed by atoms with E-state index in [-0.39, 0.29) is 0 Å². The van der Waals surface area contributed by atoms with Crippen LogP contribution >= 0.6 is 0 Å². The van der Waals surface area contributed by atoms with Crippen molar-refractivity contribution in [2.45, 2.75) is 71.3 Å². The van der Waals surface area contributed by atoms with E-state index in [1.54, 1.807) is 0 Å². The first-order valence-electron chi connectivity index (χ1n) is 7.03. The van der Waals surface area contributed by atoms with Gasteiger partial charge in [0.05, 0.1) is 0 Å². The Bertz CT molecular complexity index is 190. The Kier molecular flexibility index (Phi) is 3.71. The van der Waals surface area contributed by atoms with Crippen LogP contribution in [0.15, 0.2) is 0 Å². The summed E-state index contributed by atoms with van der Waals surface area (Å²) >= 11 is 0. The van der Waals surface area contributed by atoms with Gasteiger partial charge in [-0.05, 0) is 49.9 Å². The van der Waals surface area contributed by atoms with E-state index < -0.39 is 0 Å². The molecule has 0 aromatic carbocycles. The molecule has 1 heteroatoms. The van der Waals surface area contributed by atoms with E-state index in [2.05, 4.69) is 19.2 Å². The molecule has 1 nitrogen and oxygen atoms in total. The standard InChI is InChI=1S/C14H27N/c1-3-13(12-7-8-12)15-11-14(4-2)9-5-6-10-14/h12-13,15H,3-11H2,1-2H3. The number of hydrogen-bond donors (Lipinski definition) is 1. The normalized spacial score (nSPS) is 26.8. The van der Waals surface area contributed by atoms with Gasteiger partial charge in [-0.2, -0.15) is 0 Å². The van der Waals surface area contributed by atoms with Crippen molar-refractivity contribution >= 4 is 0 Å². The minimum absolute atomic E-state index is 0.669. The van der Waals surface area contributed by atoms with Crippen molar-refractivity contribution in [2.75, 3.05) is 6.54 Å². The highest BCUT2D eigenvalue weighted by Crippen LogP contribution is 2.41. The topological polar surface area (TPSA) is 12.0 Å². The third kappa shape index (κ3) is 2.75. The maximum Gasteiger partial charge on any atom is 0.00929 e. The fraction of sp³-hybridized carbons (Fsp3) is 1.00. The molecule has 0 saturated heterocycles. The lowest BCUT2D eigenvalue weighted by Crippen LogP contribution is -2.39. The Labute approximate surface area is 95.0 Å². The second-order valence-electron chi connectivity index (χ2n) is 5.79. The lowest BCUT2D eigenvalue weighted by Gasteiger charge is -2.30. The van der Waals surface area contributed by atoms with E-state index in [1.165, 1.54) is 57.9 Å². The fourth-order valence-electron chi connectivity index (χ4n) is 3.27. The zero-order valence-electron chi connectivity index (χ0n) is 10.5. The molecule has 15 heavy (non-hydrogen) atoms. The summed E-state index contributed by atoms with van der Waals surface area (Å²) in [5, 5.41) is 3.87. The van der Waals surface area contributed by atoms with Gasteiger partial charge in [-0.15, -0.1) is 0 Å². The largest absolute Gasteiger partial charge is 0.313 e. The van der Waals surface area contributed by atoms with Gasteiger partial charge in [0.1, 0.15) is 0 Å². The van der Waals surface area contributed by atoms with Gasteiger partial charge in [-0.1, -0.05) is 26.7 Å². The van der Waals surface area contributed by atoms with Crippen LogP contribution in [0.4, 0.5) is 0 Å². The van der Waals surface area contributed by atoms with Gasteiger partial charge in [-0.25, -0.2) is 0 Å². The summed E-state index contributed by atoms with van der Waals surface area (Å²) in [6, 6.07) is 0.828. The summed E-state index contributed by atoms with van der Waals surface area (Å²) in [6.45, 7) is 6.01. The molecular formula is C14H27N. The summed E-state index contributed by atoms with van der Waals surface area (Å²) in [4.78, 5) is 0. The Morgan fingerprint density at radius 2 is 1.87 bits per heavy atom. The molecule has 0 bridgehead atoms. The summed E-state index contributed by atoms with van der Waals surface area (Å²) < 4.78 is 0. The maximum absolute atomic E-state index is 3.87. The van der Waals surface area contributed by atoms with Crippen molar-refractivity contribution in [1.82, 2.24) is 5.32 Å². The molecule has 2 aliphatic carbocycles. The molecule has 0 aromatic rings. The lowest BCUT2D eigenvalue weighted by atomic mass is 9.83. The van der Waals surface area contributed by atoms with E-state index in [0.29, 0.717) is 5.41 Å². The molecule has 0 heterocycles. The third-order valence-electron chi connectivity index (χ3n) is 4.78. The zero-order valence-corrected chi connectivity index (χ0v) is 10.5. The van der Waals surface area contributed by atoms with Crippen molar-refractivity contribution < 1.29 is 0 Å². The van der Waals surface area contributed by atoms with Gasteiger partial charge in [-0.3, -0.25) is 0 Å². The van der Waals surface area contributed by atoms with Gasteiger partial charge in [0.25, 0.3) is 0 Å². The van der Waals surface area contributed by atoms with E-state index in [9.17, 15) is 0 Å². The summed E-state index contributed by atoms with van der Waals surface area (Å²) in [6.07, 6.45) is 11.5. The van der Waals surface area contributed by atoms with Gasteiger partial charge in [0.15, 0.2) is 0 Å². The average molecular weight is 209 g/mol. The summed E-state index contributed by atoms with van der Waals surface area (Å²) in [5.41, 5.74) is 0.669. The van der Waals surface area contributed by atoms with Gasteiger partial charge < -0.3 is 5.32 Å². The molecule has 2 aliphatic rings. The Balaban J connectivity index is 1.79. The molecule has 2 rings (SSSR count). The first kappa shape index (κ1) is 11.4. The van der Waals surface area contributed by atoms with Crippen LogP contribution in [-0.4, -0.2) is 12.6 Å². The summed E-state index contributed by atoms with van der Waals surface area (Å²) in [7, 11) is 0. The first-order valence-corrected chi connectivity index (χ1v) is 7.03. The van der Waals surface area contributed by atoms with Crippen molar-refractivity contribution in [2.24, 2.45) is 11.3 Å². The van der Waals surface area contributed by atoms with Crippen molar-refractivity contribution in [1.29, 1.82) is 0 Å². The van der Waals surface area contributed by atoms with Crippen LogP contribution in [-0.2, 0) is 0 Å².